The molecule has 3 rings (SSSR count). The maximum absolute atomic E-state index is 4.40. The summed E-state index contributed by atoms with van der Waals surface area (Å²) in [7, 11) is 2.19. The molecule has 1 atom stereocenters. The molecule has 0 radical (unpaired) electrons. The molecule has 0 saturated carbocycles. The molecule has 1 unspecified atom stereocenters. The summed E-state index contributed by atoms with van der Waals surface area (Å²) in [6, 6.07) is 0. The molecule has 1 aromatic rings. The van der Waals surface area contributed by atoms with Crippen LogP contribution >= 0.6 is 0 Å². The predicted molar refractivity (Wildman–Crippen MR) is 71.5 cm³/mol. The van der Waals surface area contributed by atoms with Crippen LogP contribution in [0.4, 0.5) is 5.82 Å². The van der Waals surface area contributed by atoms with Gasteiger partial charge >= 0.3 is 0 Å². The number of rotatable bonds is 3. The first-order valence-electron chi connectivity index (χ1n) is 6.79. The number of likely N-dealkylation sites (tertiary alicyclic amines) is 1. The highest BCUT2D eigenvalue weighted by atomic mass is 15.1. The van der Waals surface area contributed by atoms with Crippen LogP contribution in [0, 0.1) is 5.92 Å². The van der Waals surface area contributed by atoms with Gasteiger partial charge in [-0.2, -0.15) is 0 Å². The fraction of sp³-hybridized carbons (Fsp3) is 0.692. The summed E-state index contributed by atoms with van der Waals surface area (Å²) < 4.78 is 0. The highest BCUT2D eigenvalue weighted by molar-refractivity contribution is 5.46. The Morgan fingerprint density at radius 3 is 3.28 bits per heavy atom. The Balaban J connectivity index is 1.65. The Bertz CT molecular complexity index is 420. The van der Waals surface area contributed by atoms with Gasteiger partial charge in [0.15, 0.2) is 0 Å². The van der Waals surface area contributed by atoms with E-state index in [2.05, 4.69) is 32.5 Å². The van der Waals surface area contributed by atoms with Crippen molar-refractivity contribution in [3.8, 4) is 0 Å². The van der Waals surface area contributed by atoms with Gasteiger partial charge in [-0.05, 0) is 25.9 Å². The van der Waals surface area contributed by atoms with Crippen molar-refractivity contribution >= 4 is 5.82 Å². The monoisotopic (exact) mass is 247 g/mol. The third-order valence-electron chi connectivity index (χ3n) is 3.92. The third-order valence-corrected chi connectivity index (χ3v) is 3.92. The molecular weight excluding hydrogens is 226 g/mol. The van der Waals surface area contributed by atoms with Crippen molar-refractivity contribution in [2.75, 3.05) is 38.5 Å². The van der Waals surface area contributed by atoms with Gasteiger partial charge in [-0.25, -0.2) is 9.97 Å². The van der Waals surface area contributed by atoms with Crippen LogP contribution in [0.1, 0.15) is 17.7 Å². The van der Waals surface area contributed by atoms with Crippen LogP contribution in [0.25, 0.3) is 0 Å². The van der Waals surface area contributed by atoms with Crippen molar-refractivity contribution < 1.29 is 0 Å². The number of fused-ring (bicyclic) bond motifs is 1. The highest BCUT2D eigenvalue weighted by Crippen LogP contribution is 2.20. The van der Waals surface area contributed by atoms with Crippen LogP contribution < -0.4 is 10.6 Å². The highest BCUT2D eigenvalue weighted by Gasteiger charge is 2.20. The molecule has 0 spiro atoms. The van der Waals surface area contributed by atoms with Crippen molar-refractivity contribution in [1.29, 1.82) is 0 Å². The Hall–Kier alpha value is -1.20. The molecule has 1 fully saturated rings. The molecule has 98 valence electrons. The summed E-state index contributed by atoms with van der Waals surface area (Å²) in [5.74, 6) is 1.78. The fourth-order valence-electron chi connectivity index (χ4n) is 2.86. The SMILES string of the molecule is CN1CCC(CNc2ncnc3c2CNCC3)C1. The molecule has 0 amide bonds. The first-order valence-corrected chi connectivity index (χ1v) is 6.79. The Morgan fingerprint density at radius 2 is 2.44 bits per heavy atom. The van der Waals surface area contributed by atoms with E-state index >= 15 is 0 Å². The van der Waals surface area contributed by atoms with Crippen molar-refractivity contribution in [3.05, 3.63) is 17.6 Å². The Labute approximate surface area is 108 Å². The first-order chi connectivity index (χ1) is 8.83. The van der Waals surface area contributed by atoms with E-state index in [9.17, 15) is 0 Å². The van der Waals surface area contributed by atoms with Crippen LogP contribution in [0.3, 0.4) is 0 Å². The minimum absolute atomic E-state index is 0.747. The average Bonchev–Trinajstić information content (AvgIpc) is 2.82. The summed E-state index contributed by atoms with van der Waals surface area (Å²) in [6.45, 7) is 5.35. The molecule has 1 aromatic heterocycles. The zero-order chi connectivity index (χ0) is 12.4. The fourth-order valence-corrected chi connectivity index (χ4v) is 2.86. The molecule has 1 saturated heterocycles. The second kappa shape index (κ2) is 5.20. The number of nitrogens with zero attached hydrogens (tertiary/aromatic N) is 3. The molecule has 2 aliphatic rings. The van der Waals surface area contributed by atoms with Crippen molar-refractivity contribution in [1.82, 2.24) is 20.2 Å². The smallest absolute Gasteiger partial charge is 0.134 e. The van der Waals surface area contributed by atoms with Gasteiger partial charge < -0.3 is 15.5 Å². The molecule has 0 aliphatic carbocycles. The topological polar surface area (TPSA) is 53.1 Å². The van der Waals surface area contributed by atoms with Crippen LogP contribution in [0.2, 0.25) is 0 Å². The van der Waals surface area contributed by atoms with E-state index in [-0.39, 0.29) is 0 Å². The molecule has 0 aromatic carbocycles. The summed E-state index contributed by atoms with van der Waals surface area (Å²) in [5, 5.41) is 6.91. The Kier molecular flexibility index (Phi) is 3.43. The number of aromatic nitrogens is 2. The first kappa shape index (κ1) is 11.9. The number of hydrogen-bond donors (Lipinski definition) is 2. The number of nitrogens with one attached hydrogen (secondary N) is 2. The minimum Gasteiger partial charge on any atom is -0.369 e. The lowest BCUT2D eigenvalue weighted by Crippen LogP contribution is -2.27. The average molecular weight is 247 g/mol. The third kappa shape index (κ3) is 2.47. The van der Waals surface area contributed by atoms with Crippen molar-refractivity contribution in [2.24, 2.45) is 5.92 Å². The standard InChI is InChI=1S/C13H21N5/c1-18-5-3-10(8-18)6-15-13-11-7-14-4-2-12(11)16-9-17-13/h9-10,14H,2-8H2,1H3,(H,15,16,17). The van der Waals surface area contributed by atoms with Crippen LogP contribution in [0.15, 0.2) is 6.33 Å². The van der Waals surface area contributed by atoms with Gasteiger partial charge in [0.05, 0.1) is 5.69 Å². The van der Waals surface area contributed by atoms with Gasteiger partial charge in [0.25, 0.3) is 0 Å². The van der Waals surface area contributed by atoms with E-state index in [4.69, 9.17) is 0 Å². The molecule has 5 nitrogen and oxygen atoms in total. The number of anilines is 1. The van der Waals surface area contributed by atoms with Gasteiger partial charge in [0.2, 0.25) is 0 Å². The van der Waals surface area contributed by atoms with Gasteiger partial charge in [-0.3, -0.25) is 0 Å². The second-order valence-corrected chi connectivity index (χ2v) is 5.37. The van der Waals surface area contributed by atoms with E-state index in [1.165, 1.54) is 30.8 Å². The summed E-state index contributed by atoms with van der Waals surface area (Å²) >= 11 is 0. The largest absolute Gasteiger partial charge is 0.369 e. The second-order valence-electron chi connectivity index (χ2n) is 5.37. The molecule has 5 heteroatoms. The maximum Gasteiger partial charge on any atom is 0.134 e. The zero-order valence-corrected chi connectivity index (χ0v) is 10.9. The minimum atomic E-state index is 0.747. The van der Waals surface area contributed by atoms with Gasteiger partial charge in [-0.15, -0.1) is 0 Å². The van der Waals surface area contributed by atoms with E-state index in [0.29, 0.717) is 0 Å². The molecule has 18 heavy (non-hydrogen) atoms. The van der Waals surface area contributed by atoms with Crippen LogP contribution in [-0.2, 0) is 13.0 Å². The molecule has 3 heterocycles. The van der Waals surface area contributed by atoms with Gasteiger partial charge in [0.1, 0.15) is 12.1 Å². The summed E-state index contributed by atoms with van der Waals surface area (Å²) in [4.78, 5) is 11.2. The molecule has 0 bridgehead atoms. The van der Waals surface area contributed by atoms with Crippen LogP contribution in [-0.4, -0.2) is 48.1 Å². The number of hydrogen-bond acceptors (Lipinski definition) is 5. The zero-order valence-electron chi connectivity index (χ0n) is 10.9. The van der Waals surface area contributed by atoms with Crippen LogP contribution in [0.5, 0.6) is 0 Å². The quantitative estimate of drug-likeness (QED) is 0.814. The maximum atomic E-state index is 4.40. The van der Waals surface area contributed by atoms with Crippen molar-refractivity contribution in [3.63, 3.8) is 0 Å². The van der Waals surface area contributed by atoms with E-state index < -0.39 is 0 Å². The Morgan fingerprint density at radius 1 is 1.50 bits per heavy atom. The van der Waals surface area contributed by atoms with E-state index in [1.54, 1.807) is 6.33 Å². The predicted octanol–water partition coefficient (Wildman–Crippen LogP) is 0.486. The van der Waals surface area contributed by atoms with E-state index in [0.717, 1.165) is 37.8 Å². The normalized spacial score (nSPS) is 23.9. The molecule has 2 aliphatic heterocycles. The lowest BCUT2D eigenvalue weighted by atomic mass is 10.1. The van der Waals surface area contributed by atoms with Gasteiger partial charge in [0, 0.05) is 38.2 Å². The lowest BCUT2D eigenvalue weighted by molar-refractivity contribution is 0.399. The molecular formula is C13H21N5. The summed E-state index contributed by atoms with van der Waals surface area (Å²) in [5.41, 5.74) is 2.46. The molecule has 2 N–H and O–H groups in total. The van der Waals surface area contributed by atoms with E-state index in [1.807, 2.05) is 0 Å². The van der Waals surface area contributed by atoms with Gasteiger partial charge in [-0.1, -0.05) is 0 Å². The van der Waals surface area contributed by atoms with Crippen molar-refractivity contribution in [2.45, 2.75) is 19.4 Å². The lowest BCUT2D eigenvalue weighted by Gasteiger charge is -2.20. The summed E-state index contributed by atoms with van der Waals surface area (Å²) in [6.07, 6.45) is 3.99.